The molecule has 0 aliphatic rings. The van der Waals surface area contributed by atoms with Gasteiger partial charge in [-0.05, 0) is 9.91 Å². The van der Waals surface area contributed by atoms with Crippen molar-refractivity contribution in [3.8, 4) is 0 Å². The van der Waals surface area contributed by atoms with Crippen molar-refractivity contribution in [3.63, 3.8) is 0 Å². The molecule has 2 aromatic heterocycles. The number of nitrogens with zero attached hydrogens (tertiary/aromatic N) is 5. The summed E-state index contributed by atoms with van der Waals surface area (Å²) in [6.45, 7) is 0.339. The SMILES string of the molecule is O=[N+]([O-])c1nc(Br)n(Cc2cnc(Cl)s2)n1. The molecule has 0 radical (unpaired) electrons. The van der Waals surface area contributed by atoms with Crippen molar-refractivity contribution in [2.24, 2.45) is 0 Å². The van der Waals surface area contributed by atoms with Crippen molar-refractivity contribution in [2.75, 3.05) is 0 Å². The van der Waals surface area contributed by atoms with Crippen LogP contribution in [0.5, 0.6) is 0 Å². The van der Waals surface area contributed by atoms with Crippen LogP contribution in [0.1, 0.15) is 4.88 Å². The maximum Gasteiger partial charge on any atom is 0.492 e. The highest BCUT2D eigenvalue weighted by molar-refractivity contribution is 9.10. The van der Waals surface area contributed by atoms with E-state index in [0.29, 0.717) is 15.7 Å². The molecule has 10 heteroatoms. The molecule has 2 heterocycles. The summed E-state index contributed by atoms with van der Waals surface area (Å²) in [5.41, 5.74) is 0. The van der Waals surface area contributed by atoms with Crippen LogP contribution in [0.2, 0.25) is 4.47 Å². The van der Waals surface area contributed by atoms with Crippen LogP contribution in [0.25, 0.3) is 0 Å². The number of nitro groups is 1. The predicted molar refractivity (Wildman–Crippen MR) is 60.6 cm³/mol. The molecule has 0 unspecified atom stereocenters. The lowest BCUT2D eigenvalue weighted by Gasteiger charge is -1.91. The van der Waals surface area contributed by atoms with E-state index in [1.807, 2.05) is 0 Å². The largest absolute Gasteiger partial charge is 0.492 e. The van der Waals surface area contributed by atoms with Crippen molar-refractivity contribution in [2.45, 2.75) is 6.54 Å². The summed E-state index contributed by atoms with van der Waals surface area (Å²) in [7, 11) is 0. The normalized spacial score (nSPS) is 10.6. The molecule has 84 valence electrons. The van der Waals surface area contributed by atoms with Gasteiger partial charge in [0.1, 0.15) is 0 Å². The molecule has 0 bridgehead atoms. The van der Waals surface area contributed by atoms with E-state index in [9.17, 15) is 10.1 Å². The first-order valence-electron chi connectivity index (χ1n) is 3.91. The highest BCUT2D eigenvalue weighted by Gasteiger charge is 2.19. The monoisotopic (exact) mass is 323 g/mol. The van der Waals surface area contributed by atoms with Gasteiger partial charge >= 0.3 is 5.95 Å². The van der Waals surface area contributed by atoms with Gasteiger partial charge in [-0.1, -0.05) is 11.6 Å². The average Bonchev–Trinajstić information content (AvgIpc) is 2.75. The Kier molecular flexibility index (Phi) is 3.17. The Morgan fingerprint density at radius 1 is 1.69 bits per heavy atom. The molecular weight excluding hydrogens is 322 g/mol. The van der Waals surface area contributed by atoms with Crippen molar-refractivity contribution < 1.29 is 4.92 Å². The lowest BCUT2D eigenvalue weighted by atomic mass is 10.5. The van der Waals surface area contributed by atoms with E-state index in [1.165, 1.54) is 16.0 Å². The highest BCUT2D eigenvalue weighted by atomic mass is 79.9. The van der Waals surface area contributed by atoms with E-state index in [2.05, 4.69) is 31.0 Å². The van der Waals surface area contributed by atoms with Gasteiger partial charge in [0, 0.05) is 32.1 Å². The molecule has 0 N–H and O–H groups in total. The van der Waals surface area contributed by atoms with Crippen molar-refractivity contribution in [1.29, 1.82) is 0 Å². The predicted octanol–water partition coefficient (Wildman–Crippen LogP) is 2.11. The molecule has 0 fully saturated rings. The Labute approximate surface area is 106 Å². The summed E-state index contributed by atoms with van der Waals surface area (Å²) in [5.74, 6) is -0.442. The van der Waals surface area contributed by atoms with Crippen molar-refractivity contribution >= 4 is 44.8 Å². The van der Waals surface area contributed by atoms with Crippen LogP contribution in [-0.2, 0) is 6.54 Å². The smallest absolute Gasteiger partial charge is 0.390 e. The van der Waals surface area contributed by atoms with Gasteiger partial charge in [-0.3, -0.25) is 0 Å². The van der Waals surface area contributed by atoms with E-state index in [-0.39, 0.29) is 0 Å². The molecule has 2 rings (SSSR count). The topological polar surface area (TPSA) is 86.7 Å². The first-order valence-corrected chi connectivity index (χ1v) is 5.90. The zero-order valence-corrected chi connectivity index (χ0v) is 10.7. The summed E-state index contributed by atoms with van der Waals surface area (Å²) in [6, 6.07) is 0. The fourth-order valence-corrected chi connectivity index (χ4v) is 2.32. The first kappa shape index (κ1) is 11.4. The lowest BCUT2D eigenvalue weighted by Crippen LogP contribution is -2.01. The maximum atomic E-state index is 10.4. The Balaban J connectivity index is 2.24. The van der Waals surface area contributed by atoms with E-state index in [1.54, 1.807) is 6.20 Å². The van der Waals surface area contributed by atoms with Crippen LogP contribution < -0.4 is 0 Å². The summed E-state index contributed by atoms with van der Waals surface area (Å²) in [4.78, 5) is 18.1. The quantitative estimate of drug-likeness (QED) is 0.637. The summed E-state index contributed by atoms with van der Waals surface area (Å²) in [6.07, 6.45) is 1.59. The van der Waals surface area contributed by atoms with Crippen LogP contribution in [0.15, 0.2) is 10.9 Å². The Hall–Kier alpha value is -1.06. The van der Waals surface area contributed by atoms with E-state index < -0.39 is 10.9 Å². The summed E-state index contributed by atoms with van der Waals surface area (Å²) in [5, 5.41) is 14.1. The van der Waals surface area contributed by atoms with Gasteiger partial charge in [0.2, 0.25) is 0 Å². The number of aromatic nitrogens is 4. The second-order valence-corrected chi connectivity index (χ2v) is 5.08. The minimum Gasteiger partial charge on any atom is -0.390 e. The van der Waals surface area contributed by atoms with Crippen LogP contribution in [0.3, 0.4) is 0 Å². The maximum absolute atomic E-state index is 10.4. The van der Waals surface area contributed by atoms with Gasteiger partial charge in [0.15, 0.2) is 4.47 Å². The molecule has 0 atom stereocenters. The summed E-state index contributed by atoms with van der Waals surface area (Å²) < 4.78 is 2.08. The average molecular weight is 325 g/mol. The second kappa shape index (κ2) is 4.44. The van der Waals surface area contributed by atoms with Crippen LogP contribution in [0, 0.1) is 10.1 Å². The van der Waals surface area contributed by atoms with E-state index >= 15 is 0 Å². The molecule has 2 aromatic rings. The Morgan fingerprint density at radius 2 is 2.44 bits per heavy atom. The molecule has 0 aliphatic carbocycles. The number of hydrogen-bond acceptors (Lipinski definition) is 6. The third-order valence-electron chi connectivity index (χ3n) is 1.61. The van der Waals surface area contributed by atoms with Gasteiger partial charge in [0.25, 0.3) is 4.73 Å². The van der Waals surface area contributed by atoms with Crippen molar-refractivity contribution in [3.05, 3.63) is 30.4 Å². The summed E-state index contributed by atoms with van der Waals surface area (Å²) >= 11 is 10.0. The van der Waals surface area contributed by atoms with Crippen molar-refractivity contribution in [1.82, 2.24) is 19.7 Å². The second-order valence-electron chi connectivity index (χ2n) is 2.68. The van der Waals surface area contributed by atoms with Gasteiger partial charge in [-0.15, -0.1) is 11.3 Å². The van der Waals surface area contributed by atoms with E-state index in [0.717, 1.165) is 4.88 Å². The van der Waals surface area contributed by atoms with Crippen LogP contribution in [-0.4, -0.2) is 24.7 Å². The number of halogens is 2. The zero-order chi connectivity index (χ0) is 11.7. The highest BCUT2D eigenvalue weighted by Crippen LogP contribution is 2.20. The van der Waals surface area contributed by atoms with Crippen LogP contribution >= 0.6 is 38.9 Å². The molecule has 0 aromatic carbocycles. The standard InChI is InChI=1S/C6H3BrClN5O2S/c7-4-10-6(13(14)15)11-12(4)2-3-1-9-5(8)16-3/h1H,2H2. The van der Waals surface area contributed by atoms with Gasteiger partial charge in [-0.25, -0.2) is 4.98 Å². The first-order chi connectivity index (χ1) is 7.56. The molecule has 0 amide bonds. The van der Waals surface area contributed by atoms with E-state index in [4.69, 9.17) is 11.6 Å². The minimum atomic E-state index is -0.652. The van der Waals surface area contributed by atoms with Gasteiger partial charge < -0.3 is 10.1 Å². The molecular formula is C6H3BrClN5O2S. The number of rotatable bonds is 3. The van der Waals surface area contributed by atoms with Gasteiger partial charge in [0.05, 0.1) is 6.54 Å². The lowest BCUT2D eigenvalue weighted by molar-refractivity contribution is -0.394. The Morgan fingerprint density at radius 3 is 2.94 bits per heavy atom. The third-order valence-corrected chi connectivity index (χ3v) is 3.30. The number of hydrogen-bond donors (Lipinski definition) is 0. The molecule has 0 spiro atoms. The molecule has 0 saturated carbocycles. The fraction of sp³-hybridized carbons (Fsp3) is 0.167. The van der Waals surface area contributed by atoms with Crippen LogP contribution in [0.4, 0.5) is 5.95 Å². The Bertz CT molecular complexity index is 541. The molecule has 16 heavy (non-hydrogen) atoms. The molecule has 0 aliphatic heterocycles. The zero-order valence-electron chi connectivity index (χ0n) is 7.50. The van der Waals surface area contributed by atoms with Gasteiger partial charge in [-0.2, -0.15) is 4.68 Å². The fourth-order valence-electron chi connectivity index (χ4n) is 0.994. The number of thiazole rings is 1. The molecule has 0 saturated heterocycles. The molecule has 7 nitrogen and oxygen atoms in total. The minimum absolute atomic E-state index is 0.295. The third kappa shape index (κ3) is 2.36.